The zero-order valence-electron chi connectivity index (χ0n) is 7.92. The van der Waals surface area contributed by atoms with Crippen molar-refractivity contribution in [1.82, 2.24) is 0 Å². The Morgan fingerprint density at radius 2 is 2.21 bits per heavy atom. The van der Waals surface area contributed by atoms with Crippen molar-refractivity contribution in [3.8, 4) is 5.75 Å². The number of hydrogen-bond donors (Lipinski definition) is 1. The number of benzene rings is 1. The van der Waals surface area contributed by atoms with E-state index in [9.17, 15) is 0 Å². The zero-order chi connectivity index (χ0) is 10.2. The van der Waals surface area contributed by atoms with Crippen molar-refractivity contribution in [2.45, 2.75) is 5.04 Å². The third kappa shape index (κ3) is 1.20. The summed E-state index contributed by atoms with van der Waals surface area (Å²) < 4.78 is 5.55. The highest BCUT2D eigenvalue weighted by Crippen LogP contribution is 2.37. The molecule has 0 bridgehead atoms. The molecule has 2 nitrogen and oxygen atoms in total. The molecular formula is C11H12NOSi. The second kappa shape index (κ2) is 3.26. The normalized spacial score (nSPS) is 25.4. The minimum Gasteiger partial charge on any atom is -0.489 e. The number of ether oxygens (including phenoxy) is 1. The van der Waals surface area contributed by atoms with Gasteiger partial charge in [-0.3, -0.25) is 0 Å². The highest BCUT2D eigenvalue weighted by Gasteiger charge is 2.34. The summed E-state index contributed by atoms with van der Waals surface area (Å²) in [5.41, 5.74) is 7.81. The molecule has 1 heterocycles. The largest absolute Gasteiger partial charge is 0.489 e. The molecule has 0 fully saturated rings. The van der Waals surface area contributed by atoms with Gasteiger partial charge in [0.25, 0.3) is 0 Å². The molecule has 1 aromatic carbocycles. The predicted molar refractivity (Wildman–Crippen MR) is 57.6 cm³/mol. The molecule has 14 heavy (non-hydrogen) atoms. The Morgan fingerprint density at radius 1 is 1.50 bits per heavy atom. The fourth-order valence-corrected chi connectivity index (χ4v) is 1.96. The van der Waals surface area contributed by atoms with Gasteiger partial charge < -0.3 is 10.5 Å². The van der Waals surface area contributed by atoms with Crippen molar-refractivity contribution >= 4 is 10.2 Å². The lowest BCUT2D eigenvalue weighted by Gasteiger charge is -2.36. The van der Waals surface area contributed by atoms with Crippen LogP contribution in [0.1, 0.15) is 5.56 Å². The van der Waals surface area contributed by atoms with Gasteiger partial charge in [-0.25, -0.2) is 0 Å². The van der Waals surface area contributed by atoms with E-state index >= 15 is 0 Å². The second-order valence-electron chi connectivity index (χ2n) is 3.50. The SMILES string of the molecule is C=C1COc2ccccc2[C@]1([Si])CN. The summed E-state index contributed by atoms with van der Waals surface area (Å²) in [5, 5.41) is -0.325. The average molecular weight is 202 g/mol. The highest BCUT2D eigenvalue weighted by atomic mass is 28.1. The van der Waals surface area contributed by atoms with E-state index in [2.05, 4.69) is 16.8 Å². The van der Waals surface area contributed by atoms with Crippen LogP contribution in [0.4, 0.5) is 0 Å². The Labute approximate surface area is 87.2 Å². The maximum atomic E-state index is 5.78. The minimum atomic E-state index is -0.325. The van der Waals surface area contributed by atoms with Gasteiger partial charge in [0.2, 0.25) is 0 Å². The van der Waals surface area contributed by atoms with Crippen molar-refractivity contribution < 1.29 is 4.74 Å². The van der Waals surface area contributed by atoms with Crippen molar-refractivity contribution in [1.29, 1.82) is 0 Å². The standard InChI is InChI=1S/C11H12NOSi/c1-8-6-13-10-5-3-2-4-9(10)11(8,14)7-12/h2-5H,1,6-7,12H2/t11-/m0/s1. The summed E-state index contributed by atoms with van der Waals surface area (Å²) in [7, 11) is 3.71. The summed E-state index contributed by atoms with van der Waals surface area (Å²) in [5.74, 6) is 0.889. The number of nitrogens with two attached hydrogens (primary N) is 1. The van der Waals surface area contributed by atoms with Crippen molar-refractivity contribution in [3.63, 3.8) is 0 Å². The molecule has 3 heteroatoms. The molecule has 1 aliphatic rings. The van der Waals surface area contributed by atoms with E-state index in [1.165, 1.54) is 0 Å². The van der Waals surface area contributed by atoms with Crippen molar-refractivity contribution in [3.05, 3.63) is 42.0 Å². The average Bonchev–Trinajstić information content (AvgIpc) is 2.24. The number of hydrogen-bond acceptors (Lipinski definition) is 2. The van der Waals surface area contributed by atoms with E-state index in [4.69, 9.17) is 10.5 Å². The third-order valence-corrected chi connectivity index (χ3v) is 3.49. The number of rotatable bonds is 1. The van der Waals surface area contributed by atoms with Crippen LogP contribution in [-0.4, -0.2) is 23.4 Å². The molecule has 0 unspecified atom stereocenters. The quantitative estimate of drug-likeness (QED) is 0.544. The van der Waals surface area contributed by atoms with E-state index in [-0.39, 0.29) is 5.04 Å². The number of fused-ring (bicyclic) bond motifs is 1. The molecular weight excluding hydrogens is 190 g/mol. The second-order valence-corrected chi connectivity index (χ2v) is 4.35. The lowest BCUT2D eigenvalue weighted by atomic mass is 9.88. The summed E-state index contributed by atoms with van der Waals surface area (Å²) in [4.78, 5) is 0. The van der Waals surface area contributed by atoms with Crippen LogP contribution in [0, 0.1) is 0 Å². The summed E-state index contributed by atoms with van der Waals surface area (Å²) >= 11 is 0. The smallest absolute Gasteiger partial charge is 0.123 e. The molecule has 71 valence electrons. The first-order chi connectivity index (χ1) is 6.68. The van der Waals surface area contributed by atoms with Gasteiger partial charge in [0, 0.05) is 27.4 Å². The molecule has 1 aliphatic heterocycles. The summed E-state index contributed by atoms with van der Waals surface area (Å²) in [6.45, 7) is 5.00. The van der Waals surface area contributed by atoms with Gasteiger partial charge in [-0.1, -0.05) is 24.8 Å². The van der Waals surface area contributed by atoms with Crippen LogP contribution in [0.25, 0.3) is 0 Å². The van der Waals surface area contributed by atoms with Crippen LogP contribution in [0.5, 0.6) is 5.75 Å². The number of para-hydroxylation sites is 1. The van der Waals surface area contributed by atoms with Crippen molar-refractivity contribution in [2.75, 3.05) is 13.2 Å². The van der Waals surface area contributed by atoms with Gasteiger partial charge in [0.15, 0.2) is 0 Å². The van der Waals surface area contributed by atoms with Crippen LogP contribution in [-0.2, 0) is 5.04 Å². The molecule has 1 atom stereocenters. The van der Waals surface area contributed by atoms with E-state index in [0.717, 1.165) is 16.9 Å². The maximum Gasteiger partial charge on any atom is 0.123 e. The lowest BCUT2D eigenvalue weighted by Crippen LogP contribution is -2.42. The molecule has 0 spiro atoms. The van der Waals surface area contributed by atoms with Gasteiger partial charge in [-0.2, -0.15) is 0 Å². The molecule has 0 amide bonds. The van der Waals surface area contributed by atoms with Gasteiger partial charge >= 0.3 is 0 Å². The van der Waals surface area contributed by atoms with Crippen LogP contribution in [0.2, 0.25) is 0 Å². The van der Waals surface area contributed by atoms with E-state index < -0.39 is 0 Å². The Bertz CT molecular complexity index is 377. The van der Waals surface area contributed by atoms with E-state index in [0.29, 0.717) is 13.2 Å². The molecule has 0 aromatic heterocycles. The molecule has 1 aromatic rings. The first kappa shape index (κ1) is 9.49. The fourth-order valence-electron chi connectivity index (χ4n) is 1.68. The van der Waals surface area contributed by atoms with Crippen LogP contribution >= 0.6 is 0 Å². The van der Waals surface area contributed by atoms with Crippen LogP contribution < -0.4 is 10.5 Å². The minimum absolute atomic E-state index is 0.325. The zero-order valence-corrected chi connectivity index (χ0v) is 8.92. The monoisotopic (exact) mass is 202 g/mol. The maximum absolute atomic E-state index is 5.78. The van der Waals surface area contributed by atoms with Crippen LogP contribution in [0.3, 0.4) is 0 Å². The molecule has 0 saturated heterocycles. The topological polar surface area (TPSA) is 35.2 Å². The Hall–Kier alpha value is -1.06. The third-order valence-electron chi connectivity index (χ3n) is 2.66. The van der Waals surface area contributed by atoms with Gasteiger partial charge in [-0.15, -0.1) is 0 Å². The molecule has 2 N–H and O–H groups in total. The van der Waals surface area contributed by atoms with Gasteiger partial charge in [0.1, 0.15) is 12.4 Å². The lowest BCUT2D eigenvalue weighted by molar-refractivity contribution is 0.311. The molecule has 2 rings (SSSR count). The van der Waals surface area contributed by atoms with Crippen LogP contribution in [0.15, 0.2) is 36.4 Å². The Kier molecular flexibility index (Phi) is 2.21. The first-order valence-corrected chi connectivity index (χ1v) is 5.04. The Morgan fingerprint density at radius 3 is 2.93 bits per heavy atom. The van der Waals surface area contributed by atoms with Gasteiger partial charge in [0.05, 0.1) is 0 Å². The highest BCUT2D eigenvalue weighted by molar-refractivity contribution is 6.19. The summed E-state index contributed by atoms with van der Waals surface area (Å²) in [6, 6.07) is 7.90. The molecule has 0 aliphatic carbocycles. The van der Waals surface area contributed by atoms with E-state index in [1.54, 1.807) is 0 Å². The van der Waals surface area contributed by atoms with E-state index in [1.807, 2.05) is 24.3 Å². The molecule has 0 saturated carbocycles. The molecule has 3 radical (unpaired) electrons. The first-order valence-electron chi connectivity index (χ1n) is 4.54. The fraction of sp³-hybridized carbons (Fsp3) is 0.273. The Balaban J connectivity index is 2.57. The summed E-state index contributed by atoms with van der Waals surface area (Å²) in [6.07, 6.45) is 0. The van der Waals surface area contributed by atoms with Crippen molar-refractivity contribution in [2.24, 2.45) is 5.73 Å². The predicted octanol–water partition coefficient (Wildman–Crippen LogP) is 0.958. The van der Waals surface area contributed by atoms with Gasteiger partial charge in [-0.05, 0) is 11.6 Å².